The molecule has 0 amide bonds. The van der Waals surface area contributed by atoms with Crippen LogP contribution in [0, 0.1) is 10.1 Å². The third-order valence-electron chi connectivity index (χ3n) is 4.88. The molecule has 0 radical (unpaired) electrons. The van der Waals surface area contributed by atoms with Crippen LogP contribution in [0.4, 0.5) is 0 Å². The molecule has 3 rings (SSSR count). The normalized spacial score (nSPS) is 24.6. The van der Waals surface area contributed by atoms with Crippen LogP contribution in [0.1, 0.15) is 50.0 Å². The van der Waals surface area contributed by atoms with Gasteiger partial charge in [0.2, 0.25) is 6.04 Å². The van der Waals surface area contributed by atoms with E-state index in [1.165, 1.54) is 12.8 Å². The molecule has 5 heteroatoms. The zero-order valence-electron chi connectivity index (χ0n) is 13.4. The summed E-state index contributed by atoms with van der Waals surface area (Å²) in [7, 11) is 1.62. The number of benzene rings is 1. The van der Waals surface area contributed by atoms with Crippen molar-refractivity contribution in [3.63, 3.8) is 0 Å². The minimum absolute atomic E-state index is 0.105. The number of nitro groups is 1. The molecule has 0 bridgehead atoms. The molecule has 5 nitrogen and oxygen atoms in total. The van der Waals surface area contributed by atoms with Crippen molar-refractivity contribution in [2.45, 2.75) is 56.6 Å². The molecule has 0 N–H and O–H groups in total. The molecule has 2 aliphatic rings. The lowest BCUT2D eigenvalue weighted by molar-refractivity contribution is -0.526. The summed E-state index contributed by atoms with van der Waals surface area (Å²) < 4.78 is 11.5. The van der Waals surface area contributed by atoms with Crippen LogP contribution in [0.2, 0.25) is 0 Å². The van der Waals surface area contributed by atoms with Gasteiger partial charge in [-0.05, 0) is 49.8 Å². The van der Waals surface area contributed by atoms with Gasteiger partial charge in [0, 0.05) is 11.3 Å². The average Bonchev–Trinajstić information content (AvgIpc) is 3.08. The van der Waals surface area contributed by atoms with Crippen LogP contribution in [0.25, 0.3) is 0 Å². The van der Waals surface area contributed by atoms with Gasteiger partial charge in [0.25, 0.3) is 0 Å². The van der Waals surface area contributed by atoms with Crippen molar-refractivity contribution in [1.82, 2.24) is 0 Å². The molecule has 1 fully saturated rings. The fourth-order valence-electron chi connectivity index (χ4n) is 3.59. The lowest BCUT2D eigenvalue weighted by atomic mass is 9.83. The third-order valence-corrected chi connectivity index (χ3v) is 4.88. The summed E-state index contributed by atoms with van der Waals surface area (Å²) in [6.07, 6.45) is 9.89. The molecule has 2 atom stereocenters. The van der Waals surface area contributed by atoms with Crippen molar-refractivity contribution < 1.29 is 14.4 Å². The maximum atomic E-state index is 11.3. The summed E-state index contributed by atoms with van der Waals surface area (Å²) >= 11 is 0. The Morgan fingerprint density at radius 1 is 1.13 bits per heavy atom. The Morgan fingerprint density at radius 2 is 1.87 bits per heavy atom. The molecule has 1 aromatic carbocycles. The summed E-state index contributed by atoms with van der Waals surface area (Å²) in [6, 6.07) is 5.18. The van der Waals surface area contributed by atoms with E-state index in [0.29, 0.717) is 24.3 Å². The van der Waals surface area contributed by atoms with Gasteiger partial charge in [-0.25, -0.2) is 0 Å². The molecule has 0 saturated heterocycles. The highest BCUT2D eigenvalue weighted by molar-refractivity contribution is 5.44. The topological polar surface area (TPSA) is 61.6 Å². The number of nitrogens with zero attached hydrogens (tertiary/aromatic N) is 1. The van der Waals surface area contributed by atoms with Gasteiger partial charge in [0.05, 0.1) is 19.1 Å². The first-order valence-electron chi connectivity index (χ1n) is 8.32. The van der Waals surface area contributed by atoms with Crippen LogP contribution in [-0.4, -0.2) is 24.2 Å². The van der Waals surface area contributed by atoms with Crippen LogP contribution in [0.5, 0.6) is 11.5 Å². The van der Waals surface area contributed by atoms with E-state index >= 15 is 0 Å². The molecular weight excluding hydrogens is 294 g/mol. The molecule has 1 saturated carbocycles. The molecule has 0 aliphatic heterocycles. The molecule has 0 unspecified atom stereocenters. The van der Waals surface area contributed by atoms with E-state index in [1.807, 2.05) is 30.4 Å². The molecule has 124 valence electrons. The molecule has 2 aliphatic carbocycles. The Labute approximate surface area is 136 Å². The predicted molar refractivity (Wildman–Crippen MR) is 87.8 cm³/mol. The first-order chi connectivity index (χ1) is 11.2. The van der Waals surface area contributed by atoms with Gasteiger partial charge in [-0.2, -0.15) is 0 Å². The number of hydrogen-bond donors (Lipinski definition) is 0. The number of methoxy groups -OCH3 is 1. The molecule has 0 aromatic heterocycles. The first kappa shape index (κ1) is 15.8. The van der Waals surface area contributed by atoms with Gasteiger partial charge in [-0.15, -0.1) is 0 Å². The van der Waals surface area contributed by atoms with E-state index < -0.39 is 6.04 Å². The highest BCUT2D eigenvalue weighted by Crippen LogP contribution is 2.38. The van der Waals surface area contributed by atoms with E-state index in [0.717, 1.165) is 18.4 Å². The second-order valence-electron chi connectivity index (χ2n) is 6.34. The van der Waals surface area contributed by atoms with Crippen LogP contribution in [-0.2, 0) is 0 Å². The largest absolute Gasteiger partial charge is 0.493 e. The number of rotatable bonds is 5. The lowest BCUT2D eigenvalue weighted by Gasteiger charge is -2.24. The minimum atomic E-state index is -0.562. The summed E-state index contributed by atoms with van der Waals surface area (Å²) in [6.45, 7) is 0. The standard InChI is InChI=1S/C18H23NO4/c1-22-17-11-10-13(12-18(17)23-14-6-2-3-7-14)15-8-4-5-9-16(15)19(20)21/h4-5,10-12,14-16H,2-3,6-9H2,1H3/t15-,16+/m0/s1. The maximum Gasteiger partial charge on any atom is 0.223 e. The van der Waals surface area contributed by atoms with Crippen molar-refractivity contribution in [3.8, 4) is 11.5 Å². The smallest absolute Gasteiger partial charge is 0.223 e. The van der Waals surface area contributed by atoms with Crippen molar-refractivity contribution in [1.29, 1.82) is 0 Å². The number of ether oxygens (including phenoxy) is 2. The summed E-state index contributed by atoms with van der Waals surface area (Å²) in [5.41, 5.74) is 0.963. The third kappa shape index (κ3) is 3.49. The van der Waals surface area contributed by atoms with E-state index in [2.05, 4.69) is 0 Å². The second kappa shape index (κ2) is 7.02. The Kier molecular flexibility index (Phi) is 4.84. The van der Waals surface area contributed by atoms with E-state index in [4.69, 9.17) is 9.47 Å². The molecule has 0 spiro atoms. The molecule has 0 heterocycles. The van der Waals surface area contributed by atoms with E-state index in [-0.39, 0.29) is 16.9 Å². The van der Waals surface area contributed by atoms with Crippen molar-refractivity contribution in [2.75, 3.05) is 7.11 Å². The van der Waals surface area contributed by atoms with Gasteiger partial charge >= 0.3 is 0 Å². The zero-order chi connectivity index (χ0) is 16.2. The van der Waals surface area contributed by atoms with Crippen LogP contribution in [0.3, 0.4) is 0 Å². The van der Waals surface area contributed by atoms with Gasteiger partial charge in [-0.3, -0.25) is 10.1 Å². The summed E-state index contributed by atoms with van der Waals surface area (Å²) in [5, 5.41) is 11.3. The van der Waals surface area contributed by atoms with Crippen LogP contribution < -0.4 is 9.47 Å². The highest BCUT2D eigenvalue weighted by atomic mass is 16.6. The second-order valence-corrected chi connectivity index (χ2v) is 6.34. The van der Waals surface area contributed by atoms with E-state index in [1.54, 1.807) is 7.11 Å². The van der Waals surface area contributed by atoms with Crippen molar-refractivity contribution in [3.05, 3.63) is 46.0 Å². The lowest BCUT2D eigenvalue weighted by Crippen LogP contribution is -2.28. The fraction of sp³-hybridized carbons (Fsp3) is 0.556. The Hall–Kier alpha value is -2.04. The molecule has 23 heavy (non-hydrogen) atoms. The monoisotopic (exact) mass is 317 g/mol. The number of allylic oxidation sites excluding steroid dienone is 1. The summed E-state index contributed by atoms with van der Waals surface area (Å²) in [4.78, 5) is 11.2. The Morgan fingerprint density at radius 3 is 2.57 bits per heavy atom. The van der Waals surface area contributed by atoms with Crippen LogP contribution >= 0.6 is 0 Å². The number of hydrogen-bond acceptors (Lipinski definition) is 4. The van der Waals surface area contributed by atoms with E-state index in [9.17, 15) is 10.1 Å². The maximum absolute atomic E-state index is 11.3. The Balaban J connectivity index is 1.86. The van der Waals surface area contributed by atoms with Crippen molar-refractivity contribution in [2.24, 2.45) is 0 Å². The van der Waals surface area contributed by atoms with Crippen LogP contribution in [0.15, 0.2) is 30.4 Å². The Bertz CT molecular complexity index is 593. The zero-order valence-corrected chi connectivity index (χ0v) is 13.4. The average molecular weight is 317 g/mol. The highest BCUT2D eigenvalue weighted by Gasteiger charge is 2.33. The van der Waals surface area contributed by atoms with Gasteiger partial charge < -0.3 is 9.47 Å². The fourth-order valence-corrected chi connectivity index (χ4v) is 3.59. The SMILES string of the molecule is COc1ccc([C@@H]2CC=CC[C@H]2[N+](=O)[O-])cc1OC1CCCC1. The molecular formula is C18H23NO4. The summed E-state index contributed by atoms with van der Waals surface area (Å²) in [5.74, 6) is 1.31. The first-order valence-corrected chi connectivity index (χ1v) is 8.32. The van der Waals surface area contributed by atoms with Crippen molar-refractivity contribution >= 4 is 0 Å². The predicted octanol–water partition coefficient (Wildman–Crippen LogP) is 4.10. The van der Waals surface area contributed by atoms with Gasteiger partial charge in [0.1, 0.15) is 0 Å². The quantitative estimate of drug-likeness (QED) is 0.466. The minimum Gasteiger partial charge on any atom is -0.493 e. The van der Waals surface area contributed by atoms with Gasteiger partial charge in [-0.1, -0.05) is 18.2 Å². The molecule has 1 aromatic rings. The van der Waals surface area contributed by atoms with Gasteiger partial charge in [0.15, 0.2) is 11.5 Å².